The second kappa shape index (κ2) is 13.9. The van der Waals surface area contributed by atoms with Crippen molar-refractivity contribution in [3.8, 4) is 11.5 Å². The molecule has 0 aromatic heterocycles. The molecule has 4 bridgehead atoms. The van der Waals surface area contributed by atoms with E-state index in [0.29, 0.717) is 0 Å². The average Bonchev–Trinajstić information content (AvgIpc) is 3.15. The third-order valence-corrected chi connectivity index (χ3v) is 16.8. The zero-order valence-electron chi connectivity index (χ0n) is 32.8. The molecule has 2 unspecified atom stereocenters. The van der Waals surface area contributed by atoms with Crippen LogP contribution in [0.4, 0.5) is 0 Å². The van der Waals surface area contributed by atoms with E-state index in [-0.39, 0.29) is 23.6 Å². The maximum absolute atomic E-state index is 13.3. The van der Waals surface area contributed by atoms with E-state index in [1.54, 1.807) is 12.1 Å². The number of fused-ring (bicyclic) bond motifs is 2. The first-order valence-electron chi connectivity index (χ1n) is 22.0. The number of piperidine rings is 2. The number of aliphatic hydroxyl groups is 4. The Hall–Kier alpha value is -2.86. The van der Waals surface area contributed by atoms with Crippen molar-refractivity contribution in [3.05, 3.63) is 58.7 Å². The molecule has 302 valence electrons. The van der Waals surface area contributed by atoms with Crippen LogP contribution in [0.3, 0.4) is 0 Å². The lowest BCUT2D eigenvalue weighted by molar-refractivity contribution is -0.169. The Kier molecular flexibility index (Phi) is 9.27. The molecule has 10 nitrogen and oxygen atoms in total. The fourth-order valence-corrected chi connectivity index (χ4v) is 13.4. The van der Waals surface area contributed by atoms with Gasteiger partial charge in [0, 0.05) is 36.0 Å². The topological polar surface area (TPSA) is 140 Å². The third-order valence-electron chi connectivity index (χ3n) is 16.8. The molecule has 0 amide bonds. The van der Waals surface area contributed by atoms with E-state index in [1.165, 1.54) is 38.5 Å². The quantitative estimate of drug-likeness (QED) is 0.207. The number of likely N-dealkylation sites (tertiary alicyclic amines) is 2. The molecule has 2 saturated heterocycles. The van der Waals surface area contributed by atoms with Crippen LogP contribution in [-0.2, 0) is 33.3 Å². The minimum atomic E-state index is -2.16. The highest BCUT2D eigenvalue weighted by Crippen LogP contribution is 2.60. The van der Waals surface area contributed by atoms with Crippen molar-refractivity contribution in [2.75, 3.05) is 26.2 Å². The Labute approximate surface area is 330 Å². The summed E-state index contributed by atoms with van der Waals surface area (Å²) >= 11 is 0. The summed E-state index contributed by atoms with van der Waals surface area (Å²) in [5, 5.41) is 46.9. The minimum Gasteiger partial charge on any atom is -0.425 e. The highest BCUT2D eigenvalue weighted by atomic mass is 16.6. The molecule has 10 heteroatoms. The maximum Gasteiger partial charge on any atom is 0.343 e. The number of hydrogen-bond donors (Lipinski definition) is 4. The molecule has 10 rings (SSSR count). The Bertz CT molecular complexity index is 1750. The van der Waals surface area contributed by atoms with Gasteiger partial charge in [-0.2, -0.15) is 0 Å². The molecular weight excluding hydrogens is 709 g/mol. The van der Waals surface area contributed by atoms with Gasteiger partial charge in [0.05, 0.1) is 11.2 Å². The van der Waals surface area contributed by atoms with Crippen molar-refractivity contribution in [1.82, 2.24) is 9.80 Å². The Morgan fingerprint density at radius 3 is 1.41 bits per heavy atom. The van der Waals surface area contributed by atoms with Crippen LogP contribution in [0.5, 0.6) is 11.5 Å². The SMILES string of the molecule is O=C(Oc1ccc2c(c1)[C@@]13CCCC[C@@]1(O)[C@@H](C2)N(CC1CCC1)CC3)C(O)C(O)C(=O)Oc1ccc2c(c1)[C@@]13CCCC[C@@]1(O)[C@@H](C2)N(CC1CCC1)CC3. The van der Waals surface area contributed by atoms with E-state index in [9.17, 15) is 30.0 Å². The van der Waals surface area contributed by atoms with Gasteiger partial charge in [0.15, 0.2) is 12.2 Å². The number of ether oxygens (including phenoxy) is 2. The van der Waals surface area contributed by atoms with Crippen LogP contribution < -0.4 is 9.47 Å². The molecule has 2 aliphatic heterocycles. The first kappa shape index (κ1) is 37.4. The minimum absolute atomic E-state index is 0.0659. The number of aliphatic hydroxyl groups excluding tert-OH is 2. The van der Waals surface area contributed by atoms with Gasteiger partial charge in [-0.1, -0.05) is 50.7 Å². The second-order valence-corrected chi connectivity index (χ2v) is 19.3. The molecule has 56 heavy (non-hydrogen) atoms. The Balaban J connectivity index is 0.835. The molecule has 0 spiro atoms. The van der Waals surface area contributed by atoms with Gasteiger partial charge in [-0.25, -0.2) is 9.59 Å². The highest BCUT2D eigenvalue weighted by Gasteiger charge is 2.65. The van der Waals surface area contributed by atoms with Crippen molar-refractivity contribution in [3.63, 3.8) is 0 Å². The predicted octanol–water partition coefficient (Wildman–Crippen LogP) is 4.87. The summed E-state index contributed by atoms with van der Waals surface area (Å²) in [6, 6.07) is 11.2. The molecule has 8 aliphatic rings. The molecular formula is C46H60N2O8. The molecule has 2 aromatic rings. The fraction of sp³-hybridized carbons (Fsp3) is 0.696. The van der Waals surface area contributed by atoms with Crippen LogP contribution in [0, 0.1) is 11.8 Å². The van der Waals surface area contributed by atoms with Crippen LogP contribution in [-0.4, -0.2) is 104 Å². The Morgan fingerprint density at radius 2 is 1.02 bits per heavy atom. The monoisotopic (exact) mass is 768 g/mol. The van der Waals surface area contributed by atoms with Crippen molar-refractivity contribution >= 4 is 11.9 Å². The van der Waals surface area contributed by atoms with Crippen molar-refractivity contribution in [2.24, 2.45) is 11.8 Å². The standard InChI is InChI=1S/C46H60N2O8/c49-39(41(51)55-33-13-11-31-23-37-45(53)17-3-1-15-43(45,35(31)25-33)19-21-47(37)27-29-7-5-8-29)40(50)42(52)56-34-14-12-32-24-38-46(54)18-4-2-16-44(46,36(32)26-34)20-22-48(38)28-30-9-6-10-30/h11-14,25-26,29-30,37-40,49-50,53-54H,1-10,15-24,27-28H2/t37-,38-,39?,40?,43+,44+,45-,46-/m1/s1. The summed E-state index contributed by atoms with van der Waals surface area (Å²) in [6.45, 7) is 3.97. The van der Waals surface area contributed by atoms with Crippen LogP contribution in [0.15, 0.2) is 36.4 Å². The molecule has 6 fully saturated rings. The molecule has 8 atom stereocenters. The summed E-state index contributed by atoms with van der Waals surface area (Å²) in [6.07, 6.45) is 13.8. The lowest BCUT2D eigenvalue weighted by Crippen LogP contribution is -2.72. The van der Waals surface area contributed by atoms with Crippen LogP contribution in [0.2, 0.25) is 0 Å². The van der Waals surface area contributed by atoms with Gasteiger partial charge in [0.25, 0.3) is 0 Å². The predicted molar refractivity (Wildman–Crippen MR) is 208 cm³/mol. The lowest BCUT2D eigenvalue weighted by atomic mass is 9.49. The summed E-state index contributed by atoms with van der Waals surface area (Å²) in [5.41, 5.74) is 1.78. The molecule has 4 N–H and O–H groups in total. The second-order valence-electron chi connectivity index (χ2n) is 19.3. The van der Waals surface area contributed by atoms with Crippen molar-refractivity contribution in [2.45, 2.75) is 162 Å². The molecule has 4 saturated carbocycles. The van der Waals surface area contributed by atoms with E-state index in [4.69, 9.17) is 9.47 Å². The van der Waals surface area contributed by atoms with Crippen molar-refractivity contribution in [1.29, 1.82) is 0 Å². The summed E-state index contributed by atoms with van der Waals surface area (Å²) in [7, 11) is 0. The third kappa shape index (κ3) is 5.63. The number of carbonyl (C=O) groups excluding carboxylic acids is 2. The number of hydrogen-bond acceptors (Lipinski definition) is 10. The van der Waals surface area contributed by atoms with E-state index >= 15 is 0 Å². The van der Waals surface area contributed by atoms with Crippen LogP contribution in [0.1, 0.15) is 125 Å². The highest BCUT2D eigenvalue weighted by molar-refractivity contribution is 5.87. The zero-order chi connectivity index (χ0) is 38.5. The first-order valence-corrected chi connectivity index (χ1v) is 22.0. The van der Waals surface area contributed by atoms with Gasteiger partial charge in [-0.3, -0.25) is 9.80 Å². The van der Waals surface area contributed by atoms with Crippen molar-refractivity contribution < 1.29 is 39.5 Å². The van der Waals surface area contributed by atoms with Gasteiger partial charge in [0.1, 0.15) is 11.5 Å². The number of carbonyl (C=O) groups is 2. The molecule has 2 aromatic carbocycles. The summed E-state index contributed by atoms with van der Waals surface area (Å²) in [4.78, 5) is 31.7. The van der Waals surface area contributed by atoms with E-state index in [0.717, 1.165) is 137 Å². The smallest absolute Gasteiger partial charge is 0.343 e. The number of rotatable bonds is 9. The first-order chi connectivity index (χ1) is 27.0. The Morgan fingerprint density at radius 1 is 0.607 bits per heavy atom. The molecule has 6 aliphatic carbocycles. The normalized spacial score (nSPS) is 36.4. The summed E-state index contributed by atoms with van der Waals surface area (Å²) in [5.74, 6) is -0.411. The number of esters is 2. The van der Waals surface area contributed by atoms with Crippen LogP contribution >= 0.6 is 0 Å². The van der Waals surface area contributed by atoms with Gasteiger partial charge in [-0.05, 0) is 148 Å². The molecule has 2 heterocycles. The maximum atomic E-state index is 13.3. The summed E-state index contributed by atoms with van der Waals surface area (Å²) < 4.78 is 11.3. The zero-order valence-corrected chi connectivity index (χ0v) is 32.8. The molecule has 0 radical (unpaired) electrons. The number of nitrogens with zero attached hydrogens (tertiary/aromatic N) is 2. The van der Waals surface area contributed by atoms with E-state index < -0.39 is 46.2 Å². The van der Waals surface area contributed by atoms with Gasteiger partial charge in [-0.15, -0.1) is 0 Å². The largest absolute Gasteiger partial charge is 0.425 e. The van der Waals surface area contributed by atoms with Gasteiger partial charge >= 0.3 is 11.9 Å². The van der Waals surface area contributed by atoms with E-state index in [2.05, 4.69) is 9.80 Å². The average molecular weight is 769 g/mol. The van der Waals surface area contributed by atoms with Crippen LogP contribution in [0.25, 0.3) is 0 Å². The fourth-order valence-electron chi connectivity index (χ4n) is 13.4. The van der Waals surface area contributed by atoms with Gasteiger partial charge in [0.2, 0.25) is 0 Å². The van der Waals surface area contributed by atoms with E-state index in [1.807, 2.05) is 24.3 Å². The number of benzene rings is 2. The van der Waals surface area contributed by atoms with Gasteiger partial charge < -0.3 is 29.9 Å². The lowest BCUT2D eigenvalue weighted by Gasteiger charge is -2.64.